The third kappa shape index (κ3) is 1.74. The van der Waals surface area contributed by atoms with E-state index >= 15 is 0 Å². The van der Waals surface area contributed by atoms with Crippen LogP contribution in [0.4, 0.5) is 0 Å². The van der Waals surface area contributed by atoms with E-state index in [1.165, 1.54) is 0 Å². The van der Waals surface area contributed by atoms with Crippen LogP contribution in [0, 0.1) is 6.92 Å². The lowest BCUT2D eigenvalue weighted by atomic mass is 10.1. The Labute approximate surface area is 99.3 Å². The van der Waals surface area contributed by atoms with Crippen molar-refractivity contribution in [2.24, 2.45) is 0 Å². The minimum atomic E-state index is 0.0530. The highest BCUT2D eigenvalue weighted by molar-refractivity contribution is 6.32. The van der Waals surface area contributed by atoms with Crippen molar-refractivity contribution in [2.45, 2.75) is 26.7 Å². The number of pyridine rings is 1. The number of aryl methyl sites for hydroxylation is 1. The highest BCUT2D eigenvalue weighted by Gasteiger charge is 2.08. The summed E-state index contributed by atoms with van der Waals surface area (Å²) in [5.41, 5.74) is 2.78. The van der Waals surface area contributed by atoms with Crippen LogP contribution < -0.4 is 5.43 Å². The van der Waals surface area contributed by atoms with E-state index in [9.17, 15) is 4.79 Å². The molecular formula is C13H14ClNO. The first-order valence-corrected chi connectivity index (χ1v) is 5.70. The number of rotatable bonds is 1. The molecular weight excluding hydrogens is 222 g/mol. The number of aromatic amines is 1. The normalized spacial score (nSPS) is 11.3. The van der Waals surface area contributed by atoms with Crippen molar-refractivity contribution < 1.29 is 0 Å². The van der Waals surface area contributed by atoms with Crippen LogP contribution in [0.15, 0.2) is 23.0 Å². The maximum atomic E-state index is 11.9. The first-order valence-electron chi connectivity index (χ1n) is 5.32. The minimum absolute atomic E-state index is 0.0530. The van der Waals surface area contributed by atoms with Gasteiger partial charge in [0.2, 0.25) is 0 Å². The molecule has 0 aliphatic rings. The number of hydrogen-bond acceptors (Lipinski definition) is 1. The summed E-state index contributed by atoms with van der Waals surface area (Å²) in [6, 6.07) is 5.21. The molecule has 0 saturated carbocycles. The van der Waals surface area contributed by atoms with E-state index in [1.807, 2.05) is 6.92 Å². The number of H-pyrrole nitrogens is 1. The molecule has 1 N–H and O–H groups in total. The van der Waals surface area contributed by atoms with Gasteiger partial charge in [0.15, 0.2) is 5.43 Å². The zero-order valence-corrected chi connectivity index (χ0v) is 10.4. The number of aromatic nitrogens is 1. The first-order chi connectivity index (χ1) is 7.50. The Balaban J connectivity index is 2.89. The molecule has 2 nitrogen and oxygen atoms in total. The molecule has 0 saturated heterocycles. The molecule has 16 heavy (non-hydrogen) atoms. The van der Waals surface area contributed by atoms with E-state index in [0.29, 0.717) is 16.3 Å². The van der Waals surface area contributed by atoms with Crippen LogP contribution in [-0.2, 0) is 0 Å². The zero-order valence-electron chi connectivity index (χ0n) is 9.60. The molecule has 84 valence electrons. The molecule has 0 amide bonds. The Bertz CT molecular complexity index is 599. The summed E-state index contributed by atoms with van der Waals surface area (Å²) in [5.74, 6) is 0.301. The lowest BCUT2D eigenvalue weighted by Gasteiger charge is -2.09. The van der Waals surface area contributed by atoms with E-state index in [4.69, 9.17) is 11.6 Å². The monoisotopic (exact) mass is 235 g/mol. The van der Waals surface area contributed by atoms with Gasteiger partial charge in [-0.05, 0) is 30.5 Å². The average Bonchev–Trinajstić information content (AvgIpc) is 2.23. The van der Waals surface area contributed by atoms with Crippen molar-refractivity contribution >= 4 is 22.5 Å². The van der Waals surface area contributed by atoms with E-state index < -0.39 is 0 Å². The minimum Gasteiger partial charge on any atom is -0.358 e. The van der Waals surface area contributed by atoms with Gasteiger partial charge in [-0.3, -0.25) is 4.79 Å². The van der Waals surface area contributed by atoms with Gasteiger partial charge in [-0.25, -0.2) is 0 Å². The largest absolute Gasteiger partial charge is 0.358 e. The maximum absolute atomic E-state index is 11.9. The van der Waals surface area contributed by atoms with Crippen molar-refractivity contribution in [3.8, 4) is 0 Å². The molecule has 1 aromatic heterocycles. The summed E-state index contributed by atoms with van der Waals surface area (Å²) < 4.78 is 0. The lowest BCUT2D eigenvalue weighted by Crippen LogP contribution is -2.07. The number of halogens is 1. The fourth-order valence-corrected chi connectivity index (χ4v) is 1.92. The van der Waals surface area contributed by atoms with Crippen LogP contribution in [0.2, 0.25) is 5.02 Å². The second-order valence-corrected chi connectivity index (χ2v) is 4.75. The van der Waals surface area contributed by atoms with Gasteiger partial charge in [0.05, 0.1) is 5.52 Å². The fourth-order valence-electron chi connectivity index (χ4n) is 1.76. The van der Waals surface area contributed by atoms with Gasteiger partial charge >= 0.3 is 0 Å². The van der Waals surface area contributed by atoms with Gasteiger partial charge in [0.25, 0.3) is 0 Å². The van der Waals surface area contributed by atoms with Gasteiger partial charge < -0.3 is 4.98 Å². The summed E-state index contributed by atoms with van der Waals surface area (Å²) in [5, 5.41) is 1.38. The molecule has 1 aromatic carbocycles. The third-order valence-corrected chi connectivity index (χ3v) is 3.25. The van der Waals surface area contributed by atoms with Crippen LogP contribution in [0.1, 0.15) is 31.0 Å². The Kier molecular flexibility index (Phi) is 2.76. The van der Waals surface area contributed by atoms with E-state index in [2.05, 4.69) is 18.8 Å². The summed E-state index contributed by atoms with van der Waals surface area (Å²) in [7, 11) is 0. The van der Waals surface area contributed by atoms with Crippen molar-refractivity contribution in [2.75, 3.05) is 0 Å². The van der Waals surface area contributed by atoms with Crippen LogP contribution in [0.3, 0.4) is 0 Å². The Morgan fingerprint density at radius 3 is 2.62 bits per heavy atom. The molecule has 3 heteroatoms. The molecule has 0 atom stereocenters. The first kappa shape index (κ1) is 11.2. The van der Waals surface area contributed by atoms with Crippen LogP contribution in [0.5, 0.6) is 0 Å². The molecule has 0 aliphatic heterocycles. The topological polar surface area (TPSA) is 32.9 Å². The van der Waals surface area contributed by atoms with E-state index in [-0.39, 0.29) is 5.43 Å². The van der Waals surface area contributed by atoms with Gasteiger partial charge in [0, 0.05) is 22.2 Å². The molecule has 0 spiro atoms. The van der Waals surface area contributed by atoms with Crippen molar-refractivity contribution in [3.63, 3.8) is 0 Å². The number of hydrogen-bond donors (Lipinski definition) is 1. The highest BCUT2D eigenvalue weighted by Crippen LogP contribution is 2.23. The Morgan fingerprint density at radius 1 is 1.31 bits per heavy atom. The van der Waals surface area contributed by atoms with Crippen LogP contribution in [0.25, 0.3) is 10.9 Å². The van der Waals surface area contributed by atoms with Gasteiger partial charge in [0.1, 0.15) is 0 Å². The Morgan fingerprint density at radius 2 is 2.00 bits per heavy atom. The predicted octanol–water partition coefficient (Wildman–Crippen LogP) is 3.61. The number of benzene rings is 1. The molecule has 0 fully saturated rings. The third-order valence-electron chi connectivity index (χ3n) is 2.84. The van der Waals surface area contributed by atoms with Crippen LogP contribution >= 0.6 is 11.6 Å². The SMILES string of the molecule is Cc1c(Cl)ccc2c(=O)cc(C(C)C)[nH]c12. The standard InChI is InChI=1S/C13H14ClNO/c1-7(2)11-6-12(16)9-4-5-10(14)8(3)13(9)15-11/h4-7H,1-3H3,(H,15,16). The summed E-state index contributed by atoms with van der Waals surface area (Å²) in [4.78, 5) is 15.2. The molecule has 0 unspecified atom stereocenters. The summed E-state index contributed by atoms with van der Waals surface area (Å²) >= 11 is 6.05. The maximum Gasteiger partial charge on any atom is 0.189 e. The van der Waals surface area contributed by atoms with Crippen molar-refractivity contribution in [3.05, 3.63) is 44.7 Å². The lowest BCUT2D eigenvalue weighted by molar-refractivity contribution is 0.828. The Hall–Kier alpha value is -1.28. The zero-order chi connectivity index (χ0) is 11.9. The summed E-state index contributed by atoms with van der Waals surface area (Å²) in [6.07, 6.45) is 0. The van der Waals surface area contributed by atoms with Crippen molar-refractivity contribution in [1.29, 1.82) is 0 Å². The number of nitrogens with one attached hydrogen (secondary N) is 1. The smallest absolute Gasteiger partial charge is 0.189 e. The van der Waals surface area contributed by atoms with Gasteiger partial charge in [-0.2, -0.15) is 0 Å². The quantitative estimate of drug-likeness (QED) is 0.805. The molecule has 0 bridgehead atoms. The highest BCUT2D eigenvalue weighted by atomic mass is 35.5. The van der Waals surface area contributed by atoms with Gasteiger partial charge in [-0.15, -0.1) is 0 Å². The summed E-state index contributed by atoms with van der Waals surface area (Å²) in [6.45, 7) is 6.03. The predicted molar refractivity (Wildman–Crippen MR) is 68.4 cm³/mol. The van der Waals surface area contributed by atoms with E-state index in [0.717, 1.165) is 16.8 Å². The fraction of sp³-hybridized carbons (Fsp3) is 0.308. The van der Waals surface area contributed by atoms with E-state index in [1.54, 1.807) is 18.2 Å². The second kappa shape index (κ2) is 3.95. The molecule has 1 heterocycles. The average molecular weight is 236 g/mol. The molecule has 2 rings (SSSR count). The van der Waals surface area contributed by atoms with Gasteiger partial charge in [-0.1, -0.05) is 25.4 Å². The number of fused-ring (bicyclic) bond motifs is 1. The molecule has 0 radical (unpaired) electrons. The molecule has 0 aliphatic carbocycles. The molecule has 2 aromatic rings. The second-order valence-electron chi connectivity index (χ2n) is 4.34. The van der Waals surface area contributed by atoms with Crippen molar-refractivity contribution in [1.82, 2.24) is 4.98 Å². The van der Waals surface area contributed by atoms with Crippen LogP contribution in [-0.4, -0.2) is 4.98 Å².